The molecule has 0 atom stereocenters. The van der Waals surface area contributed by atoms with Gasteiger partial charge >= 0.3 is 29.1 Å². The van der Waals surface area contributed by atoms with Crippen LogP contribution in [0.2, 0.25) is 0 Å². The summed E-state index contributed by atoms with van der Waals surface area (Å²) in [5.41, 5.74) is -3.93. The van der Waals surface area contributed by atoms with Crippen molar-refractivity contribution < 1.29 is 54.9 Å². The molecule has 0 aliphatic heterocycles. The number of halogens is 6. The van der Waals surface area contributed by atoms with E-state index in [2.05, 4.69) is 18.3 Å². The van der Waals surface area contributed by atoms with Gasteiger partial charge in [-0.1, -0.05) is 60.7 Å². The van der Waals surface area contributed by atoms with E-state index in [-0.39, 0.29) is 37.1 Å². The van der Waals surface area contributed by atoms with Crippen molar-refractivity contribution in [2.75, 3.05) is 13.2 Å². The third-order valence-electron chi connectivity index (χ3n) is 4.07. The number of carbonyl (C=O) groups excluding carboxylic acids is 2. The van der Waals surface area contributed by atoms with E-state index in [1.165, 1.54) is 50.2 Å². The number of nitrogens with zero attached hydrogens (tertiary/aromatic N) is 2. The molecule has 2 aromatic rings. The predicted molar refractivity (Wildman–Crippen MR) is 132 cm³/mol. The van der Waals surface area contributed by atoms with E-state index in [0.29, 0.717) is 0 Å². The first-order valence-corrected chi connectivity index (χ1v) is 12.3. The van der Waals surface area contributed by atoms with Crippen molar-refractivity contribution in [2.45, 2.75) is 30.7 Å². The van der Waals surface area contributed by atoms with Crippen molar-refractivity contribution in [1.29, 1.82) is 0 Å². The highest BCUT2D eigenvalue weighted by atomic mass is 32.2. The number of hydrogen-bond donors (Lipinski definition) is 0. The van der Waals surface area contributed by atoms with Gasteiger partial charge in [-0.25, -0.2) is 18.4 Å². The summed E-state index contributed by atoms with van der Waals surface area (Å²) in [6.45, 7) is 2.09. The van der Waals surface area contributed by atoms with Gasteiger partial charge in [0.1, 0.15) is 0 Å². The smallest absolute Gasteiger partial charge is 0.434 e. The summed E-state index contributed by atoms with van der Waals surface area (Å²) >= 11 is -0.669. The van der Waals surface area contributed by atoms with Crippen molar-refractivity contribution in [2.24, 2.45) is 8.80 Å². The van der Waals surface area contributed by atoms with E-state index in [4.69, 9.17) is 9.47 Å². The van der Waals surface area contributed by atoms with Crippen molar-refractivity contribution in [3.8, 4) is 0 Å². The Kier molecular flexibility index (Phi) is 11.5. The topological polar surface area (TPSA) is 95.8 Å². The third-order valence-corrected chi connectivity index (χ3v) is 5.85. The molecule has 0 fully saturated rings. The van der Waals surface area contributed by atoms with Crippen LogP contribution in [0.25, 0.3) is 0 Å². The molecule has 0 saturated carbocycles. The zero-order chi connectivity index (χ0) is 29.1. The Hall–Kier alpha value is -3.40. The maximum atomic E-state index is 13.8. The zero-order valence-corrected chi connectivity index (χ0v) is 21.7. The molecule has 16 heteroatoms. The summed E-state index contributed by atoms with van der Waals surface area (Å²) in [5.74, 6) is 0. The molecule has 0 aliphatic carbocycles. The third kappa shape index (κ3) is 10.0. The summed E-state index contributed by atoms with van der Waals surface area (Å²) in [6.07, 6.45) is -13.4. The molecule has 0 spiro atoms. The lowest BCUT2D eigenvalue weighted by molar-refractivity contribution is -0.0752. The van der Waals surface area contributed by atoms with Gasteiger partial charge < -0.3 is 18.9 Å². The normalized spacial score (nSPS) is 13.0. The first-order chi connectivity index (χ1) is 18.3. The summed E-state index contributed by atoms with van der Waals surface area (Å²) in [4.78, 5) is 24.4. The maximum Gasteiger partial charge on any atom is 0.512 e. The fraction of sp³-hybridized carbons (Fsp3) is 0.304. The standard InChI is InChI=1S/C23H20F6N2O6S2/c1-3-34-19(32)36-23(37-20(33)35-4-2,38-30-17(21(24,25)26)15-11-7-5-8-12-15)39-31-18(22(27,28)29)16-13-9-6-10-14-16/h5-14H,3-4H2,1-2H3/b30-17-,31-18+. The quantitative estimate of drug-likeness (QED) is 0.0922. The van der Waals surface area contributed by atoms with Gasteiger partial charge in [0, 0.05) is 11.1 Å². The van der Waals surface area contributed by atoms with Gasteiger partial charge in [-0.05, 0) is 13.8 Å². The summed E-state index contributed by atoms with van der Waals surface area (Å²) in [6, 6.07) is 12.3. The van der Waals surface area contributed by atoms with Gasteiger partial charge in [0.25, 0.3) is 0 Å². The van der Waals surface area contributed by atoms with Crippen molar-refractivity contribution in [3.63, 3.8) is 0 Å². The van der Waals surface area contributed by atoms with Gasteiger partial charge in [0.2, 0.25) is 0 Å². The molecule has 212 valence electrons. The summed E-state index contributed by atoms with van der Waals surface area (Å²) in [5, 5.41) is 0. The monoisotopic (exact) mass is 598 g/mol. The SMILES string of the molecule is CCOC(=O)OC(OC(=O)OCC)(S/N=C(/c1ccccc1)C(F)(F)F)S/N=C(\c1ccccc1)C(F)(F)F. The number of rotatable bonds is 10. The Labute approximate surface area is 227 Å². The van der Waals surface area contributed by atoms with E-state index in [0.717, 1.165) is 24.3 Å². The van der Waals surface area contributed by atoms with Crippen LogP contribution in [-0.4, -0.2) is 53.8 Å². The average molecular weight is 599 g/mol. The van der Waals surface area contributed by atoms with E-state index >= 15 is 0 Å². The Morgan fingerprint density at radius 2 is 1.00 bits per heavy atom. The molecule has 39 heavy (non-hydrogen) atoms. The molecule has 0 saturated heterocycles. The van der Waals surface area contributed by atoms with Crippen LogP contribution in [0.4, 0.5) is 35.9 Å². The second-order valence-corrected chi connectivity index (χ2v) is 8.92. The highest BCUT2D eigenvalue weighted by Crippen LogP contribution is 2.44. The van der Waals surface area contributed by atoms with E-state index in [1.807, 2.05) is 0 Å². The minimum Gasteiger partial charge on any atom is -0.434 e. The second-order valence-electron chi connectivity index (χ2n) is 6.86. The highest BCUT2D eigenvalue weighted by molar-refractivity contribution is 8.16. The van der Waals surface area contributed by atoms with Crippen LogP contribution in [0.5, 0.6) is 0 Å². The van der Waals surface area contributed by atoms with Crippen LogP contribution in [-0.2, 0) is 18.9 Å². The van der Waals surface area contributed by atoms with E-state index in [1.54, 1.807) is 0 Å². The molecule has 2 aromatic carbocycles. The Morgan fingerprint density at radius 1 is 0.667 bits per heavy atom. The molecular weight excluding hydrogens is 578 g/mol. The fourth-order valence-electron chi connectivity index (χ4n) is 2.54. The van der Waals surface area contributed by atoms with Crippen LogP contribution in [0.3, 0.4) is 0 Å². The molecule has 0 unspecified atom stereocenters. The molecule has 2 rings (SSSR count). The molecule has 0 heterocycles. The number of benzene rings is 2. The molecular formula is C23H20F6N2O6S2. The van der Waals surface area contributed by atoms with Crippen LogP contribution in [0.1, 0.15) is 25.0 Å². The average Bonchev–Trinajstić information content (AvgIpc) is 2.84. The molecule has 0 aromatic heterocycles. The van der Waals surface area contributed by atoms with Gasteiger partial charge in [-0.3, -0.25) is 0 Å². The zero-order valence-electron chi connectivity index (χ0n) is 20.1. The van der Waals surface area contributed by atoms with Crippen LogP contribution in [0.15, 0.2) is 69.5 Å². The molecule has 8 nitrogen and oxygen atoms in total. The van der Waals surface area contributed by atoms with E-state index in [9.17, 15) is 35.9 Å². The van der Waals surface area contributed by atoms with Gasteiger partial charge in [-0.15, -0.1) is 0 Å². The number of ether oxygens (including phenoxy) is 4. The number of alkyl halides is 6. The highest BCUT2D eigenvalue weighted by Gasteiger charge is 2.48. The minimum absolute atomic E-state index is 0.300. The lowest BCUT2D eigenvalue weighted by atomic mass is 10.1. The second kappa shape index (κ2) is 14.1. The lowest BCUT2D eigenvalue weighted by Crippen LogP contribution is -2.35. The van der Waals surface area contributed by atoms with Crippen LogP contribution < -0.4 is 0 Å². The molecule has 0 amide bonds. The number of carbonyl (C=O) groups is 2. The van der Waals surface area contributed by atoms with Gasteiger partial charge in [0.15, 0.2) is 11.4 Å². The first-order valence-electron chi connectivity index (χ1n) is 10.8. The summed E-state index contributed by atoms with van der Waals surface area (Å²) in [7, 11) is 0. The van der Waals surface area contributed by atoms with Crippen LogP contribution in [0, 0.1) is 0 Å². The molecule has 0 bridgehead atoms. The van der Waals surface area contributed by atoms with Gasteiger partial charge in [0.05, 0.1) is 37.1 Å². The Balaban J connectivity index is 2.68. The van der Waals surface area contributed by atoms with E-state index < -0.39 is 51.7 Å². The maximum absolute atomic E-state index is 13.8. The largest absolute Gasteiger partial charge is 0.512 e. The minimum atomic E-state index is -5.08. The van der Waals surface area contributed by atoms with Crippen molar-refractivity contribution in [1.82, 2.24) is 0 Å². The lowest BCUT2D eigenvalue weighted by Gasteiger charge is -2.26. The molecule has 0 aliphatic rings. The summed E-state index contributed by atoms with van der Waals surface area (Å²) < 4.78 is 106. The number of hydrogen-bond acceptors (Lipinski definition) is 10. The molecule has 0 radical (unpaired) electrons. The Bertz CT molecular complexity index is 1070. The van der Waals surface area contributed by atoms with Crippen molar-refractivity contribution >= 4 is 47.6 Å². The first kappa shape index (κ1) is 31.8. The van der Waals surface area contributed by atoms with Gasteiger partial charge in [-0.2, -0.15) is 26.3 Å². The Morgan fingerprint density at radius 3 is 1.28 bits per heavy atom. The molecule has 0 N–H and O–H groups in total. The fourth-order valence-corrected chi connectivity index (χ4v) is 4.14. The van der Waals surface area contributed by atoms with Crippen molar-refractivity contribution in [3.05, 3.63) is 71.8 Å². The van der Waals surface area contributed by atoms with Crippen LogP contribution >= 0.6 is 23.9 Å². The predicted octanol–water partition coefficient (Wildman–Crippen LogP) is 7.34.